The molecule has 2 rings (SSSR count). The molecule has 1 aliphatic carbocycles. The van der Waals surface area contributed by atoms with Gasteiger partial charge in [-0.2, -0.15) is 0 Å². The first-order valence-corrected chi connectivity index (χ1v) is 9.13. The second-order valence-electron chi connectivity index (χ2n) is 4.75. The van der Waals surface area contributed by atoms with Gasteiger partial charge in [0.2, 0.25) is 0 Å². The summed E-state index contributed by atoms with van der Waals surface area (Å²) in [7, 11) is 0. The quantitative estimate of drug-likeness (QED) is 0.597. The van der Waals surface area contributed by atoms with Crippen molar-refractivity contribution in [2.75, 3.05) is 12.3 Å². The van der Waals surface area contributed by atoms with E-state index in [1.54, 1.807) is 0 Å². The lowest BCUT2D eigenvalue weighted by molar-refractivity contribution is 0.507. The van der Waals surface area contributed by atoms with Gasteiger partial charge >= 0.3 is 0 Å². The monoisotopic (exact) mass is 216 g/mol. The molecular formula is C11H21PS. The van der Waals surface area contributed by atoms with Gasteiger partial charge in [-0.15, -0.1) is 0 Å². The summed E-state index contributed by atoms with van der Waals surface area (Å²) in [5, 5.41) is 0. The van der Waals surface area contributed by atoms with Gasteiger partial charge in [0.1, 0.15) is 0 Å². The zero-order valence-electron chi connectivity index (χ0n) is 8.50. The van der Waals surface area contributed by atoms with Gasteiger partial charge in [-0.3, -0.25) is 0 Å². The third kappa shape index (κ3) is 2.36. The van der Waals surface area contributed by atoms with E-state index in [9.17, 15) is 0 Å². The van der Waals surface area contributed by atoms with Crippen LogP contribution in [-0.2, 0) is 11.8 Å². The lowest BCUT2D eigenvalue weighted by Gasteiger charge is -2.36. The first-order valence-electron chi connectivity index (χ1n) is 5.89. The summed E-state index contributed by atoms with van der Waals surface area (Å²) in [5.74, 6) is 0. The lowest BCUT2D eigenvalue weighted by Crippen LogP contribution is -2.19. The Bertz CT molecular complexity index is 196. The molecule has 0 unspecified atom stereocenters. The minimum Gasteiger partial charge on any atom is -0.0972 e. The molecule has 0 bridgehead atoms. The van der Waals surface area contributed by atoms with Crippen LogP contribution in [0.2, 0.25) is 0 Å². The highest BCUT2D eigenvalue weighted by molar-refractivity contribution is 8.15. The van der Waals surface area contributed by atoms with Crippen LogP contribution in [0.25, 0.3) is 0 Å². The average Bonchev–Trinajstić information content (AvgIpc) is 2.20. The Balaban J connectivity index is 1.99. The van der Waals surface area contributed by atoms with Gasteiger partial charge in [0.15, 0.2) is 0 Å². The van der Waals surface area contributed by atoms with E-state index in [2.05, 4.69) is 0 Å². The van der Waals surface area contributed by atoms with E-state index in [4.69, 9.17) is 11.8 Å². The number of rotatable bonds is 1. The standard InChI is InChI=1S/C11H21PS/c13-12(9-5-2-6-10-12)11-7-3-1-4-8-11/h11H,1-10H2. The van der Waals surface area contributed by atoms with Crippen molar-refractivity contribution in [2.24, 2.45) is 0 Å². The van der Waals surface area contributed by atoms with E-state index in [-0.39, 0.29) is 0 Å². The van der Waals surface area contributed by atoms with Gasteiger partial charge in [0, 0.05) is 0 Å². The molecule has 0 aromatic heterocycles. The van der Waals surface area contributed by atoms with Gasteiger partial charge in [0.05, 0.1) is 0 Å². The molecule has 1 heterocycles. The second kappa shape index (κ2) is 4.45. The maximum absolute atomic E-state index is 5.98. The minimum atomic E-state index is -0.856. The molecule has 0 spiro atoms. The predicted molar refractivity (Wildman–Crippen MR) is 64.7 cm³/mol. The van der Waals surface area contributed by atoms with Gasteiger partial charge in [-0.25, -0.2) is 0 Å². The number of hydrogen-bond donors (Lipinski definition) is 0. The predicted octanol–water partition coefficient (Wildman–Crippen LogP) is 3.98. The molecule has 2 heteroatoms. The van der Waals surface area contributed by atoms with Crippen molar-refractivity contribution >= 4 is 17.8 Å². The highest BCUT2D eigenvalue weighted by atomic mass is 32.4. The van der Waals surface area contributed by atoms with E-state index in [0.717, 1.165) is 5.66 Å². The second-order valence-corrected chi connectivity index (χ2v) is 10.5. The molecular weight excluding hydrogens is 195 g/mol. The van der Waals surface area contributed by atoms with Gasteiger partial charge in [0.25, 0.3) is 0 Å². The molecule has 1 aliphatic heterocycles. The van der Waals surface area contributed by atoms with Crippen molar-refractivity contribution in [2.45, 2.75) is 57.0 Å². The first kappa shape index (κ1) is 10.2. The van der Waals surface area contributed by atoms with Crippen molar-refractivity contribution in [1.82, 2.24) is 0 Å². The summed E-state index contributed by atoms with van der Waals surface area (Å²) in [6.07, 6.45) is 14.7. The largest absolute Gasteiger partial charge is 0.0972 e. The van der Waals surface area contributed by atoms with Crippen molar-refractivity contribution in [3.8, 4) is 0 Å². The van der Waals surface area contributed by atoms with Crippen molar-refractivity contribution in [3.05, 3.63) is 0 Å². The Labute approximate surface area is 87.5 Å². The molecule has 0 aromatic rings. The molecule has 0 N–H and O–H groups in total. The average molecular weight is 216 g/mol. The normalized spacial score (nSPS) is 30.2. The SMILES string of the molecule is S=P1(C2CCCCC2)CCCCC1. The molecule has 2 fully saturated rings. The fourth-order valence-corrected chi connectivity index (χ4v) is 8.15. The van der Waals surface area contributed by atoms with Gasteiger partial charge < -0.3 is 0 Å². The number of hydrogen-bond acceptors (Lipinski definition) is 1. The highest BCUT2D eigenvalue weighted by Gasteiger charge is 2.30. The van der Waals surface area contributed by atoms with Crippen LogP contribution in [0.15, 0.2) is 0 Å². The van der Waals surface area contributed by atoms with E-state index >= 15 is 0 Å². The van der Waals surface area contributed by atoms with Crippen LogP contribution in [-0.4, -0.2) is 18.0 Å². The summed E-state index contributed by atoms with van der Waals surface area (Å²) in [6, 6.07) is -0.856. The Hall–Kier alpha value is 0.650. The fourth-order valence-electron chi connectivity index (χ4n) is 2.96. The van der Waals surface area contributed by atoms with Crippen LogP contribution in [0, 0.1) is 0 Å². The summed E-state index contributed by atoms with van der Waals surface area (Å²) >= 11 is 5.98. The lowest BCUT2D eigenvalue weighted by atomic mass is 10.0. The Morgan fingerprint density at radius 1 is 0.769 bits per heavy atom. The third-order valence-electron chi connectivity index (χ3n) is 3.81. The van der Waals surface area contributed by atoms with Crippen LogP contribution < -0.4 is 0 Å². The highest BCUT2D eigenvalue weighted by Crippen LogP contribution is 2.58. The Morgan fingerprint density at radius 3 is 1.92 bits per heavy atom. The van der Waals surface area contributed by atoms with Gasteiger partial charge in [-0.05, 0) is 49.7 Å². The van der Waals surface area contributed by atoms with E-state index < -0.39 is 6.04 Å². The Kier molecular flexibility index (Phi) is 3.48. The molecule has 2 aliphatic rings. The molecule has 13 heavy (non-hydrogen) atoms. The van der Waals surface area contributed by atoms with Crippen LogP contribution in [0.5, 0.6) is 0 Å². The van der Waals surface area contributed by atoms with Crippen molar-refractivity contribution < 1.29 is 0 Å². The smallest absolute Gasteiger partial charge is 0.0118 e. The summed E-state index contributed by atoms with van der Waals surface area (Å²) < 4.78 is 0. The van der Waals surface area contributed by atoms with E-state index in [1.807, 2.05) is 0 Å². The summed E-state index contributed by atoms with van der Waals surface area (Å²) in [4.78, 5) is 0. The molecule has 0 nitrogen and oxygen atoms in total. The van der Waals surface area contributed by atoms with Gasteiger partial charge in [-0.1, -0.05) is 37.5 Å². The van der Waals surface area contributed by atoms with Crippen LogP contribution in [0.4, 0.5) is 0 Å². The summed E-state index contributed by atoms with van der Waals surface area (Å²) in [5.41, 5.74) is 1.01. The van der Waals surface area contributed by atoms with Crippen molar-refractivity contribution in [1.29, 1.82) is 0 Å². The van der Waals surface area contributed by atoms with Crippen molar-refractivity contribution in [3.63, 3.8) is 0 Å². The molecule has 1 saturated carbocycles. The topological polar surface area (TPSA) is 0 Å². The molecule has 76 valence electrons. The van der Waals surface area contributed by atoms with Crippen LogP contribution >= 0.6 is 6.04 Å². The van der Waals surface area contributed by atoms with E-state index in [1.165, 1.54) is 63.7 Å². The zero-order valence-corrected chi connectivity index (χ0v) is 10.2. The maximum Gasteiger partial charge on any atom is -0.0118 e. The zero-order chi connectivity index (χ0) is 9.15. The van der Waals surface area contributed by atoms with Crippen LogP contribution in [0.1, 0.15) is 51.4 Å². The minimum absolute atomic E-state index is 0.856. The molecule has 0 atom stereocenters. The Morgan fingerprint density at radius 2 is 1.31 bits per heavy atom. The first-order chi connectivity index (χ1) is 6.31. The maximum atomic E-state index is 5.98. The molecule has 0 aromatic carbocycles. The molecule has 0 amide bonds. The fraction of sp³-hybridized carbons (Fsp3) is 1.00. The molecule has 1 saturated heterocycles. The molecule has 0 radical (unpaired) electrons. The third-order valence-corrected chi connectivity index (χ3v) is 9.80. The van der Waals surface area contributed by atoms with Crippen LogP contribution in [0.3, 0.4) is 0 Å². The van der Waals surface area contributed by atoms with E-state index in [0.29, 0.717) is 0 Å². The summed E-state index contributed by atoms with van der Waals surface area (Å²) in [6.45, 7) is 0.